The first-order chi connectivity index (χ1) is 15.3. The van der Waals surface area contributed by atoms with Gasteiger partial charge in [0.1, 0.15) is 5.84 Å². The molecule has 1 fully saturated rings. The minimum Gasteiger partial charge on any atom is -0.383 e. The number of aliphatic imine (C=N–C) groups is 1. The molecule has 0 unspecified atom stereocenters. The summed E-state index contributed by atoms with van der Waals surface area (Å²) < 4.78 is 5.43. The molecule has 1 saturated heterocycles. The monoisotopic (exact) mass is 437 g/mol. The van der Waals surface area contributed by atoms with Crippen LogP contribution >= 0.6 is 0 Å². The number of amidine groups is 1. The quantitative estimate of drug-likeness (QED) is 0.539. The predicted octanol–water partition coefficient (Wildman–Crippen LogP) is 0.595. The van der Waals surface area contributed by atoms with Gasteiger partial charge in [0, 0.05) is 36.1 Å². The minimum absolute atomic E-state index is 0.156. The molecule has 0 radical (unpaired) electrons. The number of carbonyl (C=O) groups is 3. The molecule has 2 aliphatic rings. The summed E-state index contributed by atoms with van der Waals surface area (Å²) in [6, 6.07) is 11.8. The van der Waals surface area contributed by atoms with Crippen LogP contribution < -0.4 is 21.3 Å². The largest absolute Gasteiger partial charge is 0.383 e. The average molecular weight is 437 g/mol. The van der Waals surface area contributed by atoms with Crippen molar-refractivity contribution in [3.05, 3.63) is 53.6 Å². The number of hydrogen-bond donors (Lipinski definition) is 4. The lowest BCUT2D eigenvalue weighted by atomic mass is 10.1. The zero-order valence-electron chi connectivity index (χ0n) is 17.4. The van der Waals surface area contributed by atoms with Crippen molar-refractivity contribution in [1.82, 2.24) is 0 Å². The Morgan fingerprint density at radius 3 is 2.62 bits per heavy atom. The number of nitrogens with two attached hydrogens (primary N) is 1. The highest BCUT2D eigenvalue weighted by atomic mass is 16.5. The van der Waals surface area contributed by atoms with Crippen LogP contribution in [0.25, 0.3) is 0 Å². The number of amides is 3. The molecule has 32 heavy (non-hydrogen) atoms. The average Bonchev–Trinajstić information content (AvgIpc) is 3.14. The van der Waals surface area contributed by atoms with Crippen LogP contribution in [0.3, 0.4) is 0 Å². The molecule has 10 heteroatoms. The van der Waals surface area contributed by atoms with Crippen LogP contribution in [0.2, 0.25) is 0 Å². The normalized spacial score (nSPS) is 18.6. The summed E-state index contributed by atoms with van der Waals surface area (Å²) in [4.78, 5) is 42.3. The van der Waals surface area contributed by atoms with Crippen molar-refractivity contribution in [2.45, 2.75) is 25.7 Å². The van der Waals surface area contributed by atoms with E-state index in [0.29, 0.717) is 29.4 Å². The number of benzene rings is 2. The van der Waals surface area contributed by atoms with Crippen molar-refractivity contribution < 1.29 is 24.2 Å². The Morgan fingerprint density at radius 2 is 1.91 bits per heavy atom. The van der Waals surface area contributed by atoms with Crippen LogP contribution in [0, 0.1) is 0 Å². The van der Waals surface area contributed by atoms with Gasteiger partial charge in [-0.25, -0.2) is 0 Å². The second-order valence-electron chi connectivity index (χ2n) is 7.52. The van der Waals surface area contributed by atoms with Gasteiger partial charge in [-0.2, -0.15) is 0 Å². The van der Waals surface area contributed by atoms with Crippen molar-refractivity contribution >= 4 is 40.6 Å². The Bertz CT molecular complexity index is 1100. The second kappa shape index (κ2) is 8.77. The van der Waals surface area contributed by atoms with Gasteiger partial charge in [-0.1, -0.05) is 0 Å². The second-order valence-corrected chi connectivity index (χ2v) is 7.52. The molecule has 0 aliphatic carbocycles. The van der Waals surface area contributed by atoms with E-state index in [-0.39, 0.29) is 19.1 Å². The summed E-state index contributed by atoms with van der Waals surface area (Å²) in [6.45, 7) is 2.26. The summed E-state index contributed by atoms with van der Waals surface area (Å²) in [5, 5.41) is 15.8. The number of carbonyl (C=O) groups excluding carboxylic acids is 3. The minimum atomic E-state index is -1.70. The molecular weight excluding hydrogens is 414 g/mol. The van der Waals surface area contributed by atoms with Gasteiger partial charge in [-0.05, 0) is 48.0 Å². The molecule has 3 amide bonds. The van der Waals surface area contributed by atoms with Crippen molar-refractivity contribution in [2.75, 3.05) is 28.7 Å². The van der Waals surface area contributed by atoms with Gasteiger partial charge >= 0.3 is 0 Å². The number of ether oxygens (including phenoxy) is 1. The number of hydrogen-bond acceptors (Lipinski definition) is 7. The van der Waals surface area contributed by atoms with E-state index >= 15 is 0 Å². The van der Waals surface area contributed by atoms with Gasteiger partial charge in [0.2, 0.25) is 5.91 Å². The molecule has 10 nitrogen and oxygen atoms in total. The standard InChI is InChI=1S/C22H23N5O5/c1-12(28)25-14-2-5-16(6-3-14)27-8-9-32-19(22(27)31)18(29)21(30)26-15-4-7-17-13(10-15)11-24-20(17)23/h2-7,10,18-19,29H,8-9,11H2,1H3,(H2,23,24)(H,25,28)(H,26,30)/t18-,19-/m1/s1. The van der Waals surface area contributed by atoms with Gasteiger partial charge in [0.15, 0.2) is 12.2 Å². The van der Waals surface area contributed by atoms with Crippen LogP contribution in [0.4, 0.5) is 17.1 Å². The van der Waals surface area contributed by atoms with Crippen molar-refractivity contribution in [3.63, 3.8) is 0 Å². The van der Waals surface area contributed by atoms with Crippen LogP contribution in [-0.2, 0) is 25.7 Å². The first kappa shape index (κ1) is 21.5. The third kappa shape index (κ3) is 4.32. The molecular formula is C22H23N5O5. The number of rotatable bonds is 5. The molecule has 0 bridgehead atoms. The summed E-state index contributed by atoms with van der Waals surface area (Å²) in [7, 11) is 0. The topological polar surface area (TPSA) is 146 Å². The molecule has 2 aliphatic heterocycles. The smallest absolute Gasteiger partial charge is 0.259 e. The third-order valence-electron chi connectivity index (χ3n) is 5.24. The summed E-state index contributed by atoms with van der Waals surface area (Å²) in [6.07, 6.45) is -3.04. The fraction of sp³-hybridized carbons (Fsp3) is 0.273. The first-order valence-electron chi connectivity index (χ1n) is 10.1. The lowest BCUT2D eigenvalue weighted by Crippen LogP contribution is -2.55. The number of nitrogens with zero attached hydrogens (tertiary/aromatic N) is 2. The molecule has 0 spiro atoms. The fourth-order valence-corrected chi connectivity index (χ4v) is 3.68. The van der Waals surface area contributed by atoms with E-state index in [2.05, 4.69) is 15.6 Å². The highest BCUT2D eigenvalue weighted by Gasteiger charge is 2.39. The number of anilines is 3. The zero-order valence-corrected chi connectivity index (χ0v) is 17.4. The molecule has 4 rings (SSSR count). The maximum atomic E-state index is 12.9. The van der Waals surface area contributed by atoms with E-state index < -0.39 is 24.0 Å². The molecule has 2 atom stereocenters. The maximum absolute atomic E-state index is 12.9. The molecule has 0 saturated carbocycles. The predicted molar refractivity (Wildman–Crippen MR) is 118 cm³/mol. The van der Waals surface area contributed by atoms with E-state index in [1.54, 1.807) is 42.5 Å². The van der Waals surface area contributed by atoms with Crippen LogP contribution in [0.1, 0.15) is 18.1 Å². The molecule has 5 N–H and O–H groups in total. The van der Waals surface area contributed by atoms with E-state index in [1.165, 1.54) is 11.8 Å². The van der Waals surface area contributed by atoms with Gasteiger partial charge < -0.3 is 31.1 Å². The number of nitrogens with one attached hydrogen (secondary N) is 2. The SMILES string of the molecule is CC(=O)Nc1ccc(N2CCO[C@H]([C@@H](O)C(=O)Nc3ccc4c(c3)CN=C4N)C2=O)cc1. The fourth-order valence-electron chi connectivity index (χ4n) is 3.68. The third-order valence-corrected chi connectivity index (χ3v) is 5.24. The van der Waals surface area contributed by atoms with Gasteiger partial charge in [0.05, 0.1) is 13.2 Å². The Balaban J connectivity index is 1.43. The molecule has 0 aromatic heterocycles. The highest BCUT2D eigenvalue weighted by Crippen LogP contribution is 2.24. The lowest BCUT2D eigenvalue weighted by Gasteiger charge is -2.34. The molecule has 166 valence electrons. The van der Waals surface area contributed by atoms with E-state index in [4.69, 9.17) is 10.5 Å². The van der Waals surface area contributed by atoms with Crippen LogP contribution in [0.15, 0.2) is 47.5 Å². The van der Waals surface area contributed by atoms with Crippen molar-refractivity contribution in [2.24, 2.45) is 10.7 Å². The number of morpholine rings is 1. The molecule has 2 aromatic carbocycles. The van der Waals surface area contributed by atoms with Gasteiger partial charge in [0.25, 0.3) is 11.8 Å². The molecule has 2 heterocycles. The number of fused-ring (bicyclic) bond motifs is 1. The maximum Gasteiger partial charge on any atom is 0.259 e. The Hall–Kier alpha value is -3.76. The van der Waals surface area contributed by atoms with E-state index in [0.717, 1.165) is 11.1 Å². The zero-order chi connectivity index (χ0) is 22.8. The molecule has 2 aromatic rings. The summed E-state index contributed by atoms with van der Waals surface area (Å²) in [5.41, 5.74) is 9.11. The van der Waals surface area contributed by atoms with Crippen molar-refractivity contribution in [3.8, 4) is 0 Å². The van der Waals surface area contributed by atoms with E-state index in [1.807, 2.05) is 0 Å². The Labute approximate surface area is 184 Å². The first-order valence-corrected chi connectivity index (χ1v) is 10.1. The lowest BCUT2D eigenvalue weighted by molar-refractivity contribution is -0.150. The highest BCUT2D eigenvalue weighted by molar-refractivity contribution is 6.05. The van der Waals surface area contributed by atoms with E-state index in [9.17, 15) is 19.5 Å². The Kier molecular flexibility index (Phi) is 5.89. The van der Waals surface area contributed by atoms with Crippen LogP contribution in [0.5, 0.6) is 0 Å². The van der Waals surface area contributed by atoms with Crippen molar-refractivity contribution in [1.29, 1.82) is 0 Å². The summed E-state index contributed by atoms with van der Waals surface area (Å²) >= 11 is 0. The summed E-state index contributed by atoms with van der Waals surface area (Å²) in [5.74, 6) is -1.03. The Morgan fingerprint density at radius 1 is 1.19 bits per heavy atom. The number of aliphatic hydroxyl groups is 1. The van der Waals surface area contributed by atoms with Gasteiger partial charge in [-0.15, -0.1) is 0 Å². The van der Waals surface area contributed by atoms with Crippen LogP contribution in [-0.4, -0.2) is 54.0 Å². The van der Waals surface area contributed by atoms with Gasteiger partial charge in [-0.3, -0.25) is 19.4 Å². The number of aliphatic hydroxyl groups excluding tert-OH is 1.